The Morgan fingerprint density at radius 3 is 2.38 bits per heavy atom. The zero-order valence-electron chi connectivity index (χ0n) is 9.82. The molecule has 90 valence electrons. The van der Waals surface area contributed by atoms with Crippen molar-refractivity contribution in [3.05, 3.63) is 12.2 Å². The van der Waals surface area contributed by atoms with Crippen molar-refractivity contribution in [2.75, 3.05) is 0 Å². The normalized spacial score (nSPS) is 10.4. The van der Waals surface area contributed by atoms with Gasteiger partial charge in [-0.15, -0.1) is 0 Å². The largest absolute Gasteiger partial charge is 0.481 e. The van der Waals surface area contributed by atoms with E-state index < -0.39 is 5.97 Å². The fraction of sp³-hybridized carbons (Fsp3) is 0.692. The summed E-state index contributed by atoms with van der Waals surface area (Å²) in [5, 5.41) is 16.7. The molecule has 3 nitrogen and oxygen atoms in total. The van der Waals surface area contributed by atoms with Gasteiger partial charge in [-0.05, 0) is 25.7 Å². The number of allylic oxidation sites excluding steroid dienone is 2. The molecule has 3 heteroatoms. The second kappa shape index (κ2) is 11.8. The van der Waals surface area contributed by atoms with Crippen molar-refractivity contribution in [3.8, 4) is 6.07 Å². The van der Waals surface area contributed by atoms with Gasteiger partial charge in [0.2, 0.25) is 0 Å². The molecule has 0 heterocycles. The molecule has 0 aliphatic carbocycles. The Hall–Kier alpha value is -1.30. The number of nitriles is 1. The minimum absolute atomic E-state index is 0.300. The molecule has 0 aliphatic rings. The summed E-state index contributed by atoms with van der Waals surface area (Å²) in [5.74, 6) is -0.694. The van der Waals surface area contributed by atoms with Gasteiger partial charge in [0.15, 0.2) is 0 Å². The summed E-state index contributed by atoms with van der Waals surface area (Å²) in [6.45, 7) is 0. The number of rotatable bonds is 10. The molecule has 0 rings (SSSR count). The van der Waals surface area contributed by atoms with E-state index in [0.29, 0.717) is 12.8 Å². The van der Waals surface area contributed by atoms with Crippen LogP contribution in [0.2, 0.25) is 0 Å². The molecule has 0 saturated heterocycles. The molecule has 0 amide bonds. The fourth-order valence-corrected chi connectivity index (χ4v) is 1.45. The van der Waals surface area contributed by atoms with Gasteiger partial charge in [-0.25, -0.2) is 0 Å². The van der Waals surface area contributed by atoms with Crippen LogP contribution in [0.1, 0.15) is 57.8 Å². The van der Waals surface area contributed by atoms with Crippen molar-refractivity contribution in [1.29, 1.82) is 5.26 Å². The van der Waals surface area contributed by atoms with Crippen LogP contribution in [0.25, 0.3) is 0 Å². The Bertz CT molecular complexity index is 241. The highest BCUT2D eigenvalue weighted by atomic mass is 16.4. The zero-order valence-corrected chi connectivity index (χ0v) is 9.82. The van der Waals surface area contributed by atoms with Gasteiger partial charge >= 0.3 is 5.97 Å². The number of hydrogen-bond acceptors (Lipinski definition) is 2. The number of carbonyl (C=O) groups is 1. The van der Waals surface area contributed by atoms with Crippen LogP contribution in [0.3, 0.4) is 0 Å². The van der Waals surface area contributed by atoms with Crippen LogP contribution in [-0.4, -0.2) is 11.1 Å². The smallest absolute Gasteiger partial charge is 0.303 e. The molecule has 0 spiro atoms. The molecular weight excluding hydrogens is 202 g/mol. The lowest BCUT2D eigenvalue weighted by Crippen LogP contribution is -1.93. The topological polar surface area (TPSA) is 61.1 Å². The van der Waals surface area contributed by atoms with Gasteiger partial charge in [-0.3, -0.25) is 4.79 Å². The minimum atomic E-state index is -0.694. The Labute approximate surface area is 97.8 Å². The first kappa shape index (κ1) is 14.7. The quantitative estimate of drug-likeness (QED) is 0.454. The van der Waals surface area contributed by atoms with Gasteiger partial charge in [-0.1, -0.05) is 31.4 Å². The number of aliphatic carboxylic acids is 1. The van der Waals surface area contributed by atoms with E-state index in [9.17, 15) is 4.79 Å². The maximum atomic E-state index is 10.2. The lowest BCUT2D eigenvalue weighted by molar-refractivity contribution is -0.137. The van der Waals surface area contributed by atoms with Crippen LogP contribution >= 0.6 is 0 Å². The summed E-state index contributed by atoms with van der Waals surface area (Å²) in [6.07, 6.45) is 12.3. The lowest BCUT2D eigenvalue weighted by Gasteiger charge is -1.98. The van der Waals surface area contributed by atoms with Crippen molar-refractivity contribution in [1.82, 2.24) is 0 Å². The standard InChI is InChI=1S/C13H21NO2/c14-12-10-8-6-4-2-1-3-5-7-9-11-13(15)16/h4,6H,1-3,5,7-11H2,(H,15,16)/b6-4+. The summed E-state index contributed by atoms with van der Waals surface area (Å²) >= 11 is 0. The monoisotopic (exact) mass is 223 g/mol. The van der Waals surface area contributed by atoms with Crippen molar-refractivity contribution >= 4 is 5.97 Å². The van der Waals surface area contributed by atoms with Crippen LogP contribution in [0, 0.1) is 11.3 Å². The van der Waals surface area contributed by atoms with Gasteiger partial charge < -0.3 is 5.11 Å². The molecule has 0 aromatic heterocycles. The summed E-state index contributed by atoms with van der Waals surface area (Å²) < 4.78 is 0. The SMILES string of the molecule is N#CCC/C=C/CCCCCCCC(=O)O. The molecule has 0 aliphatic heterocycles. The maximum absolute atomic E-state index is 10.2. The number of unbranched alkanes of at least 4 members (excludes halogenated alkanes) is 6. The van der Waals surface area contributed by atoms with Gasteiger partial charge in [0.05, 0.1) is 6.07 Å². The minimum Gasteiger partial charge on any atom is -0.481 e. The molecule has 0 fully saturated rings. The number of carboxylic acids is 1. The molecule has 0 aromatic carbocycles. The van der Waals surface area contributed by atoms with Crippen molar-refractivity contribution < 1.29 is 9.90 Å². The average Bonchev–Trinajstić information content (AvgIpc) is 2.25. The van der Waals surface area contributed by atoms with Gasteiger partial charge in [0.25, 0.3) is 0 Å². The van der Waals surface area contributed by atoms with Crippen LogP contribution < -0.4 is 0 Å². The fourth-order valence-electron chi connectivity index (χ4n) is 1.45. The number of nitrogens with zero attached hydrogens (tertiary/aromatic N) is 1. The van der Waals surface area contributed by atoms with Gasteiger partial charge in [0.1, 0.15) is 0 Å². The third kappa shape index (κ3) is 12.7. The molecule has 1 N–H and O–H groups in total. The summed E-state index contributed by atoms with van der Waals surface area (Å²) in [7, 11) is 0. The predicted octanol–water partition coefficient (Wildman–Crippen LogP) is 3.66. The molecule has 0 saturated carbocycles. The zero-order chi connectivity index (χ0) is 12.1. The number of carboxylic acid groups (broad SMARTS) is 1. The molecule has 0 atom stereocenters. The van der Waals surface area contributed by atoms with E-state index in [2.05, 4.69) is 18.2 Å². The van der Waals surface area contributed by atoms with Crippen molar-refractivity contribution in [2.45, 2.75) is 57.8 Å². The molecule has 0 aromatic rings. The third-order valence-corrected chi connectivity index (χ3v) is 2.35. The lowest BCUT2D eigenvalue weighted by atomic mass is 10.1. The molecular formula is C13H21NO2. The van der Waals surface area contributed by atoms with E-state index in [1.165, 1.54) is 6.42 Å². The summed E-state index contributed by atoms with van der Waals surface area (Å²) in [6, 6.07) is 2.10. The Kier molecular flexibility index (Phi) is 10.8. The van der Waals surface area contributed by atoms with Gasteiger partial charge in [-0.2, -0.15) is 5.26 Å². The first-order chi connectivity index (χ1) is 7.77. The number of hydrogen-bond donors (Lipinski definition) is 1. The van der Waals surface area contributed by atoms with E-state index in [1.54, 1.807) is 0 Å². The van der Waals surface area contributed by atoms with Crippen LogP contribution in [-0.2, 0) is 4.79 Å². The molecule has 16 heavy (non-hydrogen) atoms. The predicted molar refractivity (Wildman–Crippen MR) is 63.9 cm³/mol. The van der Waals surface area contributed by atoms with E-state index in [-0.39, 0.29) is 0 Å². The maximum Gasteiger partial charge on any atom is 0.303 e. The second-order valence-electron chi connectivity index (χ2n) is 3.87. The van der Waals surface area contributed by atoms with Crippen LogP contribution in [0.5, 0.6) is 0 Å². The highest BCUT2D eigenvalue weighted by Gasteiger charge is 1.95. The average molecular weight is 223 g/mol. The summed E-state index contributed by atoms with van der Waals surface area (Å²) in [5.41, 5.74) is 0. The van der Waals surface area contributed by atoms with E-state index in [0.717, 1.165) is 38.5 Å². The van der Waals surface area contributed by atoms with E-state index in [4.69, 9.17) is 10.4 Å². The van der Waals surface area contributed by atoms with Gasteiger partial charge in [0, 0.05) is 12.8 Å². The second-order valence-corrected chi connectivity index (χ2v) is 3.87. The van der Waals surface area contributed by atoms with E-state index >= 15 is 0 Å². The highest BCUT2D eigenvalue weighted by molar-refractivity contribution is 5.66. The van der Waals surface area contributed by atoms with Crippen molar-refractivity contribution in [3.63, 3.8) is 0 Å². The summed E-state index contributed by atoms with van der Waals surface area (Å²) in [4.78, 5) is 10.2. The van der Waals surface area contributed by atoms with Crippen LogP contribution in [0.4, 0.5) is 0 Å². The molecule has 0 bridgehead atoms. The first-order valence-corrected chi connectivity index (χ1v) is 6.01. The Morgan fingerprint density at radius 1 is 1.06 bits per heavy atom. The van der Waals surface area contributed by atoms with Crippen molar-refractivity contribution in [2.24, 2.45) is 0 Å². The Morgan fingerprint density at radius 2 is 1.69 bits per heavy atom. The Balaban J connectivity index is 3.07. The molecule has 0 unspecified atom stereocenters. The highest BCUT2D eigenvalue weighted by Crippen LogP contribution is 2.07. The van der Waals surface area contributed by atoms with Crippen LogP contribution in [0.15, 0.2) is 12.2 Å². The van der Waals surface area contributed by atoms with E-state index in [1.807, 2.05) is 0 Å². The third-order valence-electron chi connectivity index (χ3n) is 2.35. The molecule has 0 radical (unpaired) electrons. The first-order valence-electron chi connectivity index (χ1n) is 6.01.